The SMILES string of the molecule is CCCCCC[C@@H](C)N(CC)CCOC(=O)c1ccc(N)cc1. The summed E-state index contributed by atoms with van der Waals surface area (Å²) in [5.74, 6) is -0.281. The van der Waals surface area contributed by atoms with Crippen LogP contribution in [0.1, 0.15) is 63.2 Å². The highest BCUT2D eigenvalue weighted by Gasteiger charge is 2.13. The predicted octanol–water partition coefficient (Wildman–Crippen LogP) is 4.11. The molecule has 23 heavy (non-hydrogen) atoms. The topological polar surface area (TPSA) is 55.6 Å². The molecule has 0 aliphatic carbocycles. The largest absolute Gasteiger partial charge is 0.461 e. The van der Waals surface area contributed by atoms with Crippen molar-refractivity contribution >= 4 is 11.7 Å². The fourth-order valence-electron chi connectivity index (χ4n) is 2.70. The number of ether oxygens (including phenoxy) is 1. The van der Waals surface area contributed by atoms with Gasteiger partial charge in [-0.05, 0) is 44.2 Å². The van der Waals surface area contributed by atoms with Crippen molar-refractivity contribution in [3.8, 4) is 0 Å². The molecule has 1 atom stereocenters. The maximum Gasteiger partial charge on any atom is 0.338 e. The van der Waals surface area contributed by atoms with E-state index in [9.17, 15) is 4.79 Å². The Balaban J connectivity index is 2.30. The lowest BCUT2D eigenvalue weighted by molar-refractivity contribution is 0.0440. The number of nitrogen functional groups attached to an aromatic ring is 1. The van der Waals surface area contributed by atoms with Gasteiger partial charge in [0, 0.05) is 18.3 Å². The molecule has 1 aromatic rings. The molecule has 0 amide bonds. The number of unbranched alkanes of at least 4 members (excludes halogenated alkanes) is 3. The summed E-state index contributed by atoms with van der Waals surface area (Å²) in [5, 5.41) is 0. The Morgan fingerprint density at radius 3 is 2.48 bits per heavy atom. The summed E-state index contributed by atoms with van der Waals surface area (Å²) in [4.78, 5) is 14.3. The molecule has 0 aromatic heterocycles. The number of hydrogen-bond donors (Lipinski definition) is 1. The number of nitrogens with two attached hydrogens (primary N) is 1. The van der Waals surface area contributed by atoms with E-state index in [-0.39, 0.29) is 5.97 Å². The van der Waals surface area contributed by atoms with E-state index in [1.54, 1.807) is 24.3 Å². The van der Waals surface area contributed by atoms with Crippen molar-refractivity contribution in [3.63, 3.8) is 0 Å². The van der Waals surface area contributed by atoms with E-state index in [4.69, 9.17) is 10.5 Å². The van der Waals surface area contributed by atoms with Crippen LogP contribution in [0.5, 0.6) is 0 Å². The van der Waals surface area contributed by atoms with Crippen LogP contribution in [0.2, 0.25) is 0 Å². The fraction of sp³-hybridized carbons (Fsp3) is 0.632. The average Bonchev–Trinajstić information content (AvgIpc) is 2.56. The number of anilines is 1. The Morgan fingerprint density at radius 1 is 1.17 bits per heavy atom. The molecule has 0 aliphatic heterocycles. The molecule has 4 heteroatoms. The lowest BCUT2D eigenvalue weighted by Crippen LogP contribution is -2.36. The highest BCUT2D eigenvalue weighted by molar-refractivity contribution is 5.89. The number of likely N-dealkylation sites (N-methyl/N-ethyl adjacent to an activating group) is 1. The van der Waals surface area contributed by atoms with Crippen molar-refractivity contribution in [2.45, 2.75) is 58.9 Å². The van der Waals surface area contributed by atoms with Crippen LogP contribution in [0.3, 0.4) is 0 Å². The van der Waals surface area contributed by atoms with Gasteiger partial charge in [-0.2, -0.15) is 0 Å². The molecule has 0 radical (unpaired) electrons. The van der Waals surface area contributed by atoms with E-state index in [0.717, 1.165) is 13.1 Å². The van der Waals surface area contributed by atoms with Crippen LogP contribution in [0.15, 0.2) is 24.3 Å². The standard InChI is InChI=1S/C19H32N2O2/c1-4-6-7-8-9-16(3)21(5-2)14-15-23-19(22)17-10-12-18(20)13-11-17/h10-13,16H,4-9,14-15,20H2,1-3H3/t16-/m1/s1. The third-order valence-corrected chi connectivity index (χ3v) is 4.26. The summed E-state index contributed by atoms with van der Waals surface area (Å²) in [6, 6.07) is 7.37. The Labute approximate surface area is 141 Å². The Morgan fingerprint density at radius 2 is 1.87 bits per heavy atom. The molecule has 0 bridgehead atoms. The molecule has 0 fully saturated rings. The van der Waals surface area contributed by atoms with Gasteiger partial charge in [-0.25, -0.2) is 4.79 Å². The quantitative estimate of drug-likeness (QED) is 0.379. The summed E-state index contributed by atoms with van der Waals surface area (Å²) in [6.45, 7) is 8.84. The number of hydrogen-bond acceptors (Lipinski definition) is 4. The average molecular weight is 320 g/mol. The van der Waals surface area contributed by atoms with E-state index in [1.165, 1.54) is 32.1 Å². The summed E-state index contributed by atoms with van der Waals surface area (Å²) >= 11 is 0. The van der Waals surface area contributed by atoms with E-state index >= 15 is 0 Å². The second kappa shape index (κ2) is 11.1. The Kier molecular flexibility index (Phi) is 9.37. The van der Waals surface area contributed by atoms with Crippen LogP contribution < -0.4 is 5.73 Å². The van der Waals surface area contributed by atoms with Gasteiger partial charge >= 0.3 is 5.97 Å². The van der Waals surface area contributed by atoms with Crippen LogP contribution in [0.4, 0.5) is 5.69 Å². The van der Waals surface area contributed by atoms with Crippen LogP contribution in [0, 0.1) is 0 Å². The molecular formula is C19H32N2O2. The molecular weight excluding hydrogens is 288 g/mol. The zero-order valence-electron chi connectivity index (χ0n) is 14.9. The van der Waals surface area contributed by atoms with Crippen LogP contribution in [-0.4, -0.2) is 36.6 Å². The van der Waals surface area contributed by atoms with Gasteiger partial charge < -0.3 is 10.5 Å². The molecule has 130 valence electrons. The first kappa shape index (κ1) is 19.5. The van der Waals surface area contributed by atoms with Gasteiger partial charge in [0.1, 0.15) is 6.61 Å². The molecule has 0 aliphatic rings. The minimum atomic E-state index is -0.281. The Bertz CT molecular complexity index is 445. The maximum absolute atomic E-state index is 12.0. The lowest BCUT2D eigenvalue weighted by atomic mass is 10.1. The first-order valence-electron chi connectivity index (χ1n) is 8.85. The third kappa shape index (κ3) is 7.51. The van der Waals surface area contributed by atoms with Crippen molar-refractivity contribution in [1.29, 1.82) is 0 Å². The monoisotopic (exact) mass is 320 g/mol. The van der Waals surface area contributed by atoms with Gasteiger partial charge in [0.15, 0.2) is 0 Å². The van der Waals surface area contributed by atoms with Crippen molar-refractivity contribution in [3.05, 3.63) is 29.8 Å². The van der Waals surface area contributed by atoms with Crippen LogP contribution in [0.25, 0.3) is 0 Å². The van der Waals surface area contributed by atoms with Crippen molar-refractivity contribution in [1.82, 2.24) is 4.90 Å². The first-order valence-corrected chi connectivity index (χ1v) is 8.85. The van der Waals surface area contributed by atoms with E-state index in [1.807, 2.05) is 0 Å². The first-order chi connectivity index (χ1) is 11.1. The Hall–Kier alpha value is -1.55. The molecule has 0 spiro atoms. The van der Waals surface area contributed by atoms with Gasteiger partial charge in [-0.3, -0.25) is 4.90 Å². The molecule has 2 N–H and O–H groups in total. The van der Waals surface area contributed by atoms with Crippen molar-refractivity contribution in [2.75, 3.05) is 25.4 Å². The molecule has 1 rings (SSSR count). The van der Waals surface area contributed by atoms with Crippen molar-refractivity contribution in [2.24, 2.45) is 0 Å². The zero-order chi connectivity index (χ0) is 17.1. The number of esters is 1. The molecule has 0 saturated carbocycles. The van der Waals surface area contributed by atoms with E-state index in [0.29, 0.717) is 23.9 Å². The highest BCUT2D eigenvalue weighted by atomic mass is 16.5. The molecule has 0 saturated heterocycles. The number of carbonyl (C=O) groups excluding carboxylic acids is 1. The fourth-order valence-corrected chi connectivity index (χ4v) is 2.70. The van der Waals surface area contributed by atoms with Gasteiger partial charge in [0.05, 0.1) is 5.56 Å². The summed E-state index contributed by atoms with van der Waals surface area (Å²) in [5.41, 5.74) is 6.82. The summed E-state index contributed by atoms with van der Waals surface area (Å²) < 4.78 is 5.37. The van der Waals surface area contributed by atoms with Gasteiger partial charge in [0.25, 0.3) is 0 Å². The van der Waals surface area contributed by atoms with Gasteiger partial charge in [-0.15, -0.1) is 0 Å². The third-order valence-electron chi connectivity index (χ3n) is 4.26. The molecule has 0 unspecified atom stereocenters. The predicted molar refractivity (Wildman–Crippen MR) is 96.6 cm³/mol. The summed E-state index contributed by atoms with van der Waals surface area (Å²) in [7, 11) is 0. The maximum atomic E-state index is 12.0. The number of rotatable bonds is 11. The minimum Gasteiger partial charge on any atom is -0.461 e. The second-order valence-corrected chi connectivity index (χ2v) is 6.08. The normalized spacial score (nSPS) is 12.3. The molecule has 4 nitrogen and oxygen atoms in total. The summed E-state index contributed by atoms with van der Waals surface area (Å²) in [6.07, 6.45) is 6.38. The van der Waals surface area contributed by atoms with Gasteiger partial charge in [-0.1, -0.05) is 39.5 Å². The van der Waals surface area contributed by atoms with Crippen molar-refractivity contribution < 1.29 is 9.53 Å². The highest BCUT2D eigenvalue weighted by Crippen LogP contribution is 2.11. The van der Waals surface area contributed by atoms with Crippen LogP contribution >= 0.6 is 0 Å². The van der Waals surface area contributed by atoms with E-state index < -0.39 is 0 Å². The molecule has 1 aromatic carbocycles. The number of nitrogens with zero attached hydrogens (tertiary/aromatic N) is 1. The minimum absolute atomic E-state index is 0.281. The number of benzene rings is 1. The molecule has 0 heterocycles. The number of carbonyl (C=O) groups is 1. The smallest absolute Gasteiger partial charge is 0.338 e. The van der Waals surface area contributed by atoms with Crippen LogP contribution in [-0.2, 0) is 4.74 Å². The zero-order valence-corrected chi connectivity index (χ0v) is 14.9. The lowest BCUT2D eigenvalue weighted by Gasteiger charge is -2.27. The van der Waals surface area contributed by atoms with E-state index in [2.05, 4.69) is 25.7 Å². The second-order valence-electron chi connectivity index (χ2n) is 6.08. The van der Waals surface area contributed by atoms with Gasteiger partial charge in [0.2, 0.25) is 0 Å².